The number of aromatic nitrogens is 2. The Kier molecular flexibility index (Phi) is 4.43. The number of aliphatic hydroxyl groups is 1. The molecule has 0 amide bonds. The van der Waals surface area contributed by atoms with E-state index < -0.39 is 11.5 Å². The van der Waals surface area contributed by atoms with Gasteiger partial charge in [-0.1, -0.05) is 12.1 Å². The Bertz CT molecular complexity index is 1080. The maximum Gasteiger partial charge on any atom is 0.222 e. The molecule has 4 rings (SSSR count). The van der Waals surface area contributed by atoms with Gasteiger partial charge in [-0.25, -0.2) is 4.98 Å². The molecule has 0 radical (unpaired) electrons. The number of hydrogen-bond acceptors (Lipinski definition) is 7. The lowest BCUT2D eigenvalue weighted by atomic mass is 10.1. The van der Waals surface area contributed by atoms with Crippen LogP contribution in [-0.2, 0) is 4.79 Å². The number of nitrogens with zero attached hydrogens (tertiary/aromatic N) is 2. The number of aromatic amines is 1. The third kappa shape index (κ3) is 2.89. The zero-order valence-electron chi connectivity index (χ0n) is 16.6. The summed E-state index contributed by atoms with van der Waals surface area (Å²) in [6.45, 7) is 1.45. The maximum absolute atomic E-state index is 13.3. The van der Waals surface area contributed by atoms with Gasteiger partial charge in [-0.15, -0.1) is 0 Å². The predicted octanol–water partition coefficient (Wildman–Crippen LogP) is 2.27. The van der Waals surface area contributed by atoms with Crippen molar-refractivity contribution < 1.29 is 19.4 Å². The molecule has 0 bridgehead atoms. The molecule has 1 aliphatic rings. The van der Waals surface area contributed by atoms with E-state index in [0.717, 1.165) is 11.0 Å². The SMILES string of the molecule is CNC1=C(c2nc3ccccc3[nH]2)C(=O)C(C)(O)N1c1cc(OC)cc(OC)c1. The fourth-order valence-corrected chi connectivity index (χ4v) is 3.61. The van der Waals surface area contributed by atoms with E-state index in [4.69, 9.17) is 9.47 Å². The van der Waals surface area contributed by atoms with Crippen molar-refractivity contribution in [3.63, 3.8) is 0 Å². The maximum atomic E-state index is 13.3. The van der Waals surface area contributed by atoms with Gasteiger partial charge in [0, 0.05) is 25.2 Å². The monoisotopic (exact) mass is 394 g/mol. The van der Waals surface area contributed by atoms with Gasteiger partial charge in [-0.3, -0.25) is 9.69 Å². The minimum Gasteiger partial charge on any atom is -0.497 e. The van der Waals surface area contributed by atoms with Crippen molar-refractivity contribution in [2.45, 2.75) is 12.6 Å². The van der Waals surface area contributed by atoms with Gasteiger partial charge >= 0.3 is 0 Å². The second-order valence-corrected chi connectivity index (χ2v) is 6.83. The largest absolute Gasteiger partial charge is 0.497 e. The van der Waals surface area contributed by atoms with Crippen LogP contribution in [0.15, 0.2) is 48.3 Å². The highest BCUT2D eigenvalue weighted by molar-refractivity contribution is 6.29. The minimum atomic E-state index is -1.83. The molecule has 0 aliphatic carbocycles. The molecule has 0 saturated heterocycles. The van der Waals surface area contributed by atoms with Crippen LogP contribution in [0.2, 0.25) is 0 Å². The Hall–Kier alpha value is -3.52. The molecule has 1 atom stereocenters. The third-order valence-corrected chi connectivity index (χ3v) is 5.01. The average molecular weight is 394 g/mol. The van der Waals surface area contributed by atoms with Gasteiger partial charge in [0.05, 0.1) is 30.9 Å². The van der Waals surface area contributed by atoms with Crippen LogP contribution in [0.4, 0.5) is 5.69 Å². The van der Waals surface area contributed by atoms with E-state index in [1.165, 1.54) is 11.8 Å². The lowest BCUT2D eigenvalue weighted by Crippen LogP contribution is -2.48. The molecule has 0 spiro atoms. The normalized spacial score (nSPS) is 19.2. The molecule has 3 aromatic rings. The molecule has 1 aromatic heterocycles. The van der Waals surface area contributed by atoms with E-state index in [1.807, 2.05) is 24.3 Å². The number of rotatable bonds is 5. The van der Waals surface area contributed by atoms with Crippen molar-refractivity contribution in [2.24, 2.45) is 0 Å². The van der Waals surface area contributed by atoms with E-state index in [2.05, 4.69) is 15.3 Å². The van der Waals surface area contributed by atoms with Gasteiger partial charge in [0.1, 0.15) is 28.7 Å². The lowest BCUT2D eigenvalue weighted by Gasteiger charge is -2.33. The Morgan fingerprint density at radius 1 is 1.14 bits per heavy atom. The molecule has 2 aromatic carbocycles. The second-order valence-electron chi connectivity index (χ2n) is 6.83. The number of hydrogen-bond donors (Lipinski definition) is 3. The Labute approximate surface area is 167 Å². The van der Waals surface area contributed by atoms with E-state index in [0.29, 0.717) is 28.8 Å². The minimum absolute atomic E-state index is 0.274. The zero-order chi connectivity index (χ0) is 20.8. The van der Waals surface area contributed by atoms with E-state index >= 15 is 0 Å². The quantitative estimate of drug-likeness (QED) is 0.610. The van der Waals surface area contributed by atoms with Crippen molar-refractivity contribution in [2.75, 3.05) is 26.2 Å². The van der Waals surface area contributed by atoms with Gasteiger partial charge in [-0.05, 0) is 19.1 Å². The number of ether oxygens (including phenoxy) is 2. The second kappa shape index (κ2) is 6.82. The molecule has 150 valence electrons. The van der Waals surface area contributed by atoms with Gasteiger partial charge in [0.2, 0.25) is 11.5 Å². The number of Topliss-reactive ketones (excluding diaryl/α,β-unsaturated/α-hetero) is 1. The highest BCUT2D eigenvalue weighted by atomic mass is 16.5. The standard InChI is InChI=1S/C21H22N4O4/c1-21(27)18(26)17(19-23-15-7-5-6-8-16(15)24-19)20(22-2)25(21)12-9-13(28-3)11-14(10-12)29-4/h5-11,22,27H,1-4H3,(H,23,24). The summed E-state index contributed by atoms with van der Waals surface area (Å²) in [5.41, 5.74) is 0.522. The number of carbonyl (C=O) groups is 1. The van der Waals surface area contributed by atoms with Crippen molar-refractivity contribution in [1.29, 1.82) is 0 Å². The Balaban J connectivity index is 1.93. The zero-order valence-corrected chi connectivity index (χ0v) is 16.6. The van der Waals surface area contributed by atoms with Gasteiger partial charge in [0.25, 0.3) is 0 Å². The number of imidazole rings is 1. The summed E-state index contributed by atoms with van der Waals surface area (Å²) in [6, 6.07) is 12.7. The molecule has 29 heavy (non-hydrogen) atoms. The first kappa shape index (κ1) is 18.8. The van der Waals surface area contributed by atoms with Crippen LogP contribution in [0, 0.1) is 0 Å². The van der Waals surface area contributed by atoms with Crippen molar-refractivity contribution in [1.82, 2.24) is 15.3 Å². The number of fused-ring (bicyclic) bond motifs is 1. The number of anilines is 1. The average Bonchev–Trinajstić information content (AvgIpc) is 3.23. The molecule has 0 saturated carbocycles. The van der Waals surface area contributed by atoms with Crippen LogP contribution in [-0.4, -0.2) is 47.8 Å². The van der Waals surface area contributed by atoms with Crippen molar-refractivity contribution in [3.8, 4) is 11.5 Å². The number of ketones is 1. The molecular formula is C21H22N4O4. The van der Waals surface area contributed by atoms with Crippen LogP contribution in [0.25, 0.3) is 16.6 Å². The smallest absolute Gasteiger partial charge is 0.222 e. The highest BCUT2D eigenvalue weighted by Gasteiger charge is 2.50. The summed E-state index contributed by atoms with van der Waals surface area (Å²) in [6.07, 6.45) is 0. The third-order valence-electron chi connectivity index (χ3n) is 5.01. The van der Waals surface area contributed by atoms with E-state index in [-0.39, 0.29) is 5.57 Å². The number of nitrogens with one attached hydrogen (secondary N) is 2. The molecule has 1 aliphatic heterocycles. The molecule has 1 unspecified atom stereocenters. The topological polar surface area (TPSA) is 99.7 Å². The summed E-state index contributed by atoms with van der Waals surface area (Å²) < 4.78 is 10.7. The molecule has 2 heterocycles. The summed E-state index contributed by atoms with van der Waals surface area (Å²) >= 11 is 0. The molecule has 3 N–H and O–H groups in total. The van der Waals surface area contributed by atoms with Crippen LogP contribution < -0.4 is 19.7 Å². The van der Waals surface area contributed by atoms with Crippen LogP contribution in [0.1, 0.15) is 12.7 Å². The Morgan fingerprint density at radius 3 is 2.38 bits per heavy atom. The number of para-hydroxylation sites is 2. The fraction of sp³-hybridized carbons (Fsp3) is 0.238. The van der Waals surface area contributed by atoms with Gasteiger partial charge < -0.3 is 24.9 Å². The molecular weight excluding hydrogens is 372 g/mol. The van der Waals surface area contributed by atoms with Crippen LogP contribution in [0.5, 0.6) is 11.5 Å². The fourth-order valence-electron chi connectivity index (χ4n) is 3.61. The Morgan fingerprint density at radius 2 is 1.79 bits per heavy atom. The summed E-state index contributed by atoms with van der Waals surface area (Å²) in [7, 11) is 4.78. The number of methoxy groups -OCH3 is 2. The van der Waals surface area contributed by atoms with Crippen molar-refractivity contribution in [3.05, 3.63) is 54.1 Å². The van der Waals surface area contributed by atoms with Gasteiger partial charge in [0.15, 0.2) is 0 Å². The lowest BCUT2D eigenvalue weighted by molar-refractivity contribution is -0.127. The van der Waals surface area contributed by atoms with E-state index in [9.17, 15) is 9.90 Å². The predicted molar refractivity (Wildman–Crippen MR) is 110 cm³/mol. The van der Waals surface area contributed by atoms with Gasteiger partial charge in [-0.2, -0.15) is 0 Å². The first-order valence-electron chi connectivity index (χ1n) is 9.08. The summed E-state index contributed by atoms with van der Waals surface area (Å²) in [5.74, 6) is 1.42. The highest BCUT2D eigenvalue weighted by Crippen LogP contribution is 2.42. The molecule has 8 nitrogen and oxygen atoms in total. The first-order valence-corrected chi connectivity index (χ1v) is 9.08. The summed E-state index contributed by atoms with van der Waals surface area (Å²) in [4.78, 5) is 22.5. The number of H-pyrrole nitrogens is 1. The molecule has 0 fully saturated rings. The number of benzene rings is 2. The van der Waals surface area contributed by atoms with Crippen molar-refractivity contribution >= 4 is 28.1 Å². The van der Waals surface area contributed by atoms with Crippen LogP contribution >= 0.6 is 0 Å². The van der Waals surface area contributed by atoms with Crippen LogP contribution in [0.3, 0.4) is 0 Å². The first-order chi connectivity index (χ1) is 13.9. The summed E-state index contributed by atoms with van der Waals surface area (Å²) in [5, 5.41) is 14.2. The number of carbonyl (C=O) groups excluding carboxylic acids is 1. The van der Waals surface area contributed by atoms with E-state index in [1.54, 1.807) is 39.5 Å². The molecule has 8 heteroatoms.